The van der Waals surface area contributed by atoms with Gasteiger partial charge in [-0.3, -0.25) is 5.10 Å². The van der Waals surface area contributed by atoms with E-state index in [1.165, 1.54) is 0 Å². The minimum atomic E-state index is 0.577. The van der Waals surface area contributed by atoms with Gasteiger partial charge in [0.2, 0.25) is 0 Å². The molecule has 0 amide bonds. The SMILES string of the molecule is CCn1c(-c2cc(Cl)ccc2Cl)n[nH]c1=S. The number of nitrogens with one attached hydrogen (secondary N) is 1. The van der Waals surface area contributed by atoms with Crippen molar-refractivity contribution in [2.45, 2.75) is 13.5 Å². The van der Waals surface area contributed by atoms with Crippen molar-refractivity contribution in [2.24, 2.45) is 0 Å². The minimum absolute atomic E-state index is 0.577. The summed E-state index contributed by atoms with van der Waals surface area (Å²) in [6.07, 6.45) is 0. The maximum absolute atomic E-state index is 6.11. The van der Waals surface area contributed by atoms with E-state index in [1.807, 2.05) is 11.5 Å². The molecule has 0 aliphatic rings. The molecule has 0 fully saturated rings. The van der Waals surface area contributed by atoms with E-state index >= 15 is 0 Å². The van der Waals surface area contributed by atoms with Gasteiger partial charge in [-0.15, -0.1) is 0 Å². The fourth-order valence-corrected chi connectivity index (χ4v) is 2.12. The van der Waals surface area contributed by atoms with Gasteiger partial charge in [-0.05, 0) is 37.3 Å². The quantitative estimate of drug-likeness (QED) is 0.842. The van der Waals surface area contributed by atoms with Crippen LogP contribution in [0.4, 0.5) is 0 Å². The molecule has 16 heavy (non-hydrogen) atoms. The molecule has 2 rings (SSSR count). The van der Waals surface area contributed by atoms with Gasteiger partial charge in [0.05, 0.1) is 5.02 Å². The molecule has 0 aliphatic carbocycles. The zero-order chi connectivity index (χ0) is 11.7. The number of aromatic amines is 1. The highest BCUT2D eigenvalue weighted by Crippen LogP contribution is 2.29. The van der Waals surface area contributed by atoms with Crippen molar-refractivity contribution in [3.8, 4) is 11.4 Å². The van der Waals surface area contributed by atoms with Gasteiger partial charge in [-0.1, -0.05) is 23.2 Å². The van der Waals surface area contributed by atoms with Crippen LogP contribution in [0, 0.1) is 4.77 Å². The Morgan fingerprint density at radius 1 is 1.44 bits per heavy atom. The second-order valence-electron chi connectivity index (χ2n) is 3.22. The molecule has 2 aromatic rings. The Morgan fingerprint density at radius 2 is 2.19 bits per heavy atom. The van der Waals surface area contributed by atoms with Gasteiger partial charge >= 0.3 is 0 Å². The van der Waals surface area contributed by atoms with Crippen molar-refractivity contribution >= 4 is 35.4 Å². The van der Waals surface area contributed by atoms with Gasteiger partial charge in [0, 0.05) is 17.1 Å². The lowest BCUT2D eigenvalue weighted by Crippen LogP contribution is -1.98. The lowest BCUT2D eigenvalue weighted by Gasteiger charge is -2.05. The minimum Gasteiger partial charge on any atom is -0.300 e. The summed E-state index contributed by atoms with van der Waals surface area (Å²) >= 11 is 17.2. The van der Waals surface area contributed by atoms with Crippen LogP contribution < -0.4 is 0 Å². The van der Waals surface area contributed by atoms with Crippen molar-refractivity contribution in [1.82, 2.24) is 14.8 Å². The highest BCUT2D eigenvalue weighted by molar-refractivity contribution is 7.71. The van der Waals surface area contributed by atoms with E-state index < -0.39 is 0 Å². The van der Waals surface area contributed by atoms with Crippen molar-refractivity contribution in [1.29, 1.82) is 0 Å². The lowest BCUT2D eigenvalue weighted by atomic mass is 10.2. The first-order valence-electron chi connectivity index (χ1n) is 4.74. The molecule has 0 saturated carbocycles. The van der Waals surface area contributed by atoms with Crippen LogP contribution in [-0.2, 0) is 6.54 Å². The molecule has 1 N–H and O–H groups in total. The molecule has 1 aromatic heterocycles. The Balaban J connectivity index is 2.67. The number of H-pyrrole nitrogens is 1. The first-order valence-corrected chi connectivity index (χ1v) is 5.90. The van der Waals surface area contributed by atoms with E-state index in [4.69, 9.17) is 35.4 Å². The molecule has 0 aliphatic heterocycles. The fraction of sp³-hybridized carbons (Fsp3) is 0.200. The standard InChI is InChI=1S/C10H9Cl2N3S/c1-2-15-9(13-14-10(15)16)7-5-6(11)3-4-8(7)12/h3-5H,2H2,1H3,(H,14,16). The molecule has 84 valence electrons. The van der Waals surface area contributed by atoms with E-state index in [0.29, 0.717) is 20.6 Å². The second-order valence-corrected chi connectivity index (χ2v) is 4.45. The Hall–Kier alpha value is -0.840. The topological polar surface area (TPSA) is 33.6 Å². The summed E-state index contributed by atoms with van der Waals surface area (Å²) in [5.41, 5.74) is 0.781. The van der Waals surface area contributed by atoms with Crippen LogP contribution in [-0.4, -0.2) is 14.8 Å². The predicted octanol–water partition coefficient (Wildman–Crippen LogP) is 3.93. The Kier molecular flexibility index (Phi) is 3.33. The monoisotopic (exact) mass is 273 g/mol. The summed E-state index contributed by atoms with van der Waals surface area (Å²) in [6, 6.07) is 5.27. The normalized spacial score (nSPS) is 10.7. The van der Waals surface area contributed by atoms with Gasteiger partial charge in [0.15, 0.2) is 10.6 Å². The predicted molar refractivity (Wildman–Crippen MR) is 68.5 cm³/mol. The van der Waals surface area contributed by atoms with Crippen LogP contribution in [0.3, 0.4) is 0 Å². The van der Waals surface area contributed by atoms with Crippen LogP contribution in [0.5, 0.6) is 0 Å². The van der Waals surface area contributed by atoms with E-state index in [-0.39, 0.29) is 0 Å². The molecule has 0 spiro atoms. The van der Waals surface area contributed by atoms with E-state index in [2.05, 4.69) is 10.2 Å². The molecular weight excluding hydrogens is 265 g/mol. The molecule has 6 heteroatoms. The number of rotatable bonds is 2. The Morgan fingerprint density at radius 3 is 2.88 bits per heavy atom. The van der Waals surface area contributed by atoms with Crippen LogP contribution in [0.1, 0.15) is 6.92 Å². The summed E-state index contributed by atoms with van der Waals surface area (Å²) in [4.78, 5) is 0. The molecule has 1 aromatic carbocycles. The maximum Gasteiger partial charge on any atom is 0.195 e. The van der Waals surface area contributed by atoms with Crippen molar-refractivity contribution in [2.75, 3.05) is 0 Å². The molecule has 0 unspecified atom stereocenters. The molecule has 0 atom stereocenters. The Labute approximate surface area is 108 Å². The second kappa shape index (κ2) is 4.57. The molecule has 3 nitrogen and oxygen atoms in total. The first-order chi connectivity index (χ1) is 7.63. The number of hydrogen-bond acceptors (Lipinski definition) is 2. The van der Waals surface area contributed by atoms with Crippen molar-refractivity contribution < 1.29 is 0 Å². The number of aromatic nitrogens is 3. The van der Waals surface area contributed by atoms with Crippen LogP contribution >= 0.6 is 35.4 Å². The van der Waals surface area contributed by atoms with Gasteiger partial charge in [0.1, 0.15) is 0 Å². The maximum atomic E-state index is 6.11. The fourth-order valence-electron chi connectivity index (χ4n) is 1.49. The average molecular weight is 274 g/mol. The molecular formula is C10H9Cl2N3S. The summed E-state index contributed by atoms with van der Waals surface area (Å²) in [5.74, 6) is 0.708. The lowest BCUT2D eigenvalue weighted by molar-refractivity contribution is 0.755. The summed E-state index contributed by atoms with van der Waals surface area (Å²) in [6.45, 7) is 2.72. The van der Waals surface area contributed by atoms with Gasteiger partial charge < -0.3 is 4.57 Å². The summed E-state index contributed by atoms with van der Waals surface area (Å²) in [7, 11) is 0. The average Bonchev–Trinajstić information content (AvgIpc) is 2.63. The number of hydrogen-bond donors (Lipinski definition) is 1. The zero-order valence-electron chi connectivity index (χ0n) is 8.50. The summed E-state index contributed by atoms with van der Waals surface area (Å²) in [5, 5.41) is 8.13. The van der Waals surface area contributed by atoms with E-state index in [1.54, 1.807) is 18.2 Å². The smallest absolute Gasteiger partial charge is 0.195 e. The number of halogens is 2. The van der Waals surface area contributed by atoms with Gasteiger partial charge in [-0.2, -0.15) is 5.10 Å². The number of benzene rings is 1. The molecule has 0 radical (unpaired) electrons. The third-order valence-electron chi connectivity index (χ3n) is 2.24. The van der Waals surface area contributed by atoms with Crippen LogP contribution in [0.25, 0.3) is 11.4 Å². The van der Waals surface area contributed by atoms with Crippen LogP contribution in [0.15, 0.2) is 18.2 Å². The number of nitrogens with zero attached hydrogens (tertiary/aromatic N) is 2. The highest BCUT2D eigenvalue weighted by Gasteiger charge is 2.11. The molecule has 0 bridgehead atoms. The third-order valence-corrected chi connectivity index (χ3v) is 3.12. The highest BCUT2D eigenvalue weighted by atomic mass is 35.5. The summed E-state index contributed by atoms with van der Waals surface area (Å²) < 4.78 is 2.45. The first kappa shape index (κ1) is 11.6. The van der Waals surface area contributed by atoms with E-state index in [0.717, 1.165) is 12.1 Å². The van der Waals surface area contributed by atoms with Crippen molar-refractivity contribution in [3.05, 3.63) is 33.0 Å². The zero-order valence-corrected chi connectivity index (χ0v) is 10.8. The largest absolute Gasteiger partial charge is 0.300 e. The molecule has 1 heterocycles. The molecule has 0 saturated heterocycles. The van der Waals surface area contributed by atoms with Gasteiger partial charge in [-0.25, -0.2) is 0 Å². The Bertz CT molecular complexity index is 574. The van der Waals surface area contributed by atoms with Crippen LogP contribution in [0.2, 0.25) is 10.0 Å². The van der Waals surface area contributed by atoms with E-state index in [9.17, 15) is 0 Å². The third kappa shape index (κ3) is 2.00. The van der Waals surface area contributed by atoms with Gasteiger partial charge in [0.25, 0.3) is 0 Å². The van der Waals surface area contributed by atoms with Crippen molar-refractivity contribution in [3.63, 3.8) is 0 Å².